The van der Waals surface area contributed by atoms with Gasteiger partial charge < -0.3 is 9.84 Å². The number of rotatable bonds is 4. The average Bonchev–Trinajstić information content (AvgIpc) is 2.28. The zero-order chi connectivity index (χ0) is 12.0. The predicted octanol–water partition coefficient (Wildman–Crippen LogP) is 1.96. The highest BCUT2D eigenvalue weighted by Gasteiger charge is 2.03. The summed E-state index contributed by atoms with van der Waals surface area (Å²) < 4.78 is 4.58. The van der Waals surface area contributed by atoms with Gasteiger partial charge in [-0.25, -0.2) is 4.79 Å². The third-order valence-corrected chi connectivity index (χ3v) is 1.91. The molecule has 1 aromatic rings. The second-order valence-electron chi connectivity index (χ2n) is 3.12. The summed E-state index contributed by atoms with van der Waals surface area (Å²) in [5, 5.41) is 8.45. The molecule has 0 aliphatic rings. The first-order valence-electron chi connectivity index (χ1n) is 4.70. The molecule has 0 amide bonds. The van der Waals surface area contributed by atoms with Gasteiger partial charge in [0.15, 0.2) is 0 Å². The van der Waals surface area contributed by atoms with Gasteiger partial charge in [-0.2, -0.15) is 0 Å². The number of aliphatic carboxylic acids is 1. The molecule has 0 aliphatic heterocycles. The van der Waals surface area contributed by atoms with E-state index in [-0.39, 0.29) is 6.42 Å². The number of hydrogen-bond acceptors (Lipinski definition) is 3. The summed E-state index contributed by atoms with van der Waals surface area (Å²) in [6.07, 6.45) is 3.14. The molecule has 84 valence electrons. The lowest BCUT2D eigenvalue weighted by Gasteiger charge is -1.99. The van der Waals surface area contributed by atoms with Crippen LogP contribution in [-0.4, -0.2) is 24.2 Å². The molecule has 0 fully saturated rings. The Kier molecular flexibility index (Phi) is 4.27. The number of carboxylic acids is 1. The van der Waals surface area contributed by atoms with E-state index in [9.17, 15) is 9.59 Å². The van der Waals surface area contributed by atoms with Crippen LogP contribution in [0.2, 0.25) is 0 Å². The number of methoxy groups -OCH3 is 1. The highest BCUT2D eigenvalue weighted by Crippen LogP contribution is 2.08. The predicted molar refractivity (Wildman–Crippen MR) is 59.1 cm³/mol. The maximum Gasteiger partial charge on any atom is 0.337 e. The van der Waals surface area contributed by atoms with Crippen LogP contribution in [0.4, 0.5) is 0 Å². The van der Waals surface area contributed by atoms with Crippen molar-refractivity contribution in [1.29, 1.82) is 0 Å². The topological polar surface area (TPSA) is 63.6 Å². The molecule has 0 spiro atoms. The molecular weight excluding hydrogens is 208 g/mol. The van der Waals surface area contributed by atoms with E-state index < -0.39 is 11.9 Å². The van der Waals surface area contributed by atoms with E-state index in [2.05, 4.69) is 4.74 Å². The van der Waals surface area contributed by atoms with Gasteiger partial charge >= 0.3 is 11.9 Å². The Balaban J connectivity index is 2.78. The number of carbonyl (C=O) groups excluding carboxylic acids is 1. The number of hydrogen-bond donors (Lipinski definition) is 1. The van der Waals surface area contributed by atoms with E-state index in [4.69, 9.17) is 5.11 Å². The average molecular weight is 220 g/mol. The van der Waals surface area contributed by atoms with Crippen LogP contribution in [0.3, 0.4) is 0 Å². The molecule has 0 saturated carbocycles. The maximum absolute atomic E-state index is 11.2. The summed E-state index contributed by atoms with van der Waals surface area (Å²) >= 11 is 0. The smallest absolute Gasteiger partial charge is 0.337 e. The summed E-state index contributed by atoms with van der Waals surface area (Å²) in [6, 6.07) is 6.78. The van der Waals surface area contributed by atoms with Crippen molar-refractivity contribution in [2.24, 2.45) is 0 Å². The van der Waals surface area contributed by atoms with Crippen molar-refractivity contribution in [2.45, 2.75) is 6.42 Å². The second kappa shape index (κ2) is 5.70. The van der Waals surface area contributed by atoms with Crippen molar-refractivity contribution in [3.63, 3.8) is 0 Å². The number of carboxylic acid groups (broad SMARTS) is 1. The highest BCUT2D eigenvalue weighted by atomic mass is 16.5. The third-order valence-electron chi connectivity index (χ3n) is 1.91. The molecule has 1 aromatic carbocycles. The van der Waals surface area contributed by atoms with Crippen LogP contribution in [-0.2, 0) is 9.53 Å². The molecule has 0 radical (unpaired) electrons. The fourth-order valence-corrected chi connectivity index (χ4v) is 1.18. The molecule has 0 aromatic heterocycles. The Morgan fingerprint density at radius 3 is 2.81 bits per heavy atom. The van der Waals surface area contributed by atoms with Gasteiger partial charge in [0, 0.05) is 0 Å². The van der Waals surface area contributed by atoms with Gasteiger partial charge in [0.1, 0.15) is 0 Å². The van der Waals surface area contributed by atoms with Crippen LogP contribution in [0.25, 0.3) is 6.08 Å². The van der Waals surface area contributed by atoms with Crippen LogP contribution in [0.5, 0.6) is 0 Å². The van der Waals surface area contributed by atoms with E-state index >= 15 is 0 Å². The largest absolute Gasteiger partial charge is 0.481 e. The minimum atomic E-state index is -0.889. The molecule has 0 atom stereocenters. The van der Waals surface area contributed by atoms with Crippen LogP contribution in [0, 0.1) is 0 Å². The maximum atomic E-state index is 11.2. The van der Waals surface area contributed by atoms with Crippen molar-refractivity contribution in [2.75, 3.05) is 7.11 Å². The van der Waals surface area contributed by atoms with E-state index in [0.717, 1.165) is 5.56 Å². The van der Waals surface area contributed by atoms with Gasteiger partial charge in [-0.15, -0.1) is 0 Å². The van der Waals surface area contributed by atoms with Crippen LogP contribution >= 0.6 is 0 Å². The summed E-state index contributed by atoms with van der Waals surface area (Å²) in [6.45, 7) is 0. The number of benzene rings is 1. The minimum absolute atomic E-state index is 0.0392. The second-order valence-corrected chi connectivity index (χ2v) is 3.12. The third kappa shape index (κ3) is 3.57. The van der Waals surface area contributed by atoms with Crippen molar-refractivity contribution < 1.29 is 19.4 Å². The van der Waals surface area contributed by atoms with Crippen LogP contribution in [0.15, 0.2) is 30.3 Å². The molecule has 0 heterocycles. The molecule has 4 heteroatoms. The van der Waals surface area contributed by atoms with E-state index in [1.807, 2.05) is 0 Å². The van der Waals surface area contributed by atoms with Crippen molar-refractivity contribution in [3.05, 3.63) is 41.5 Å². The molecule has 1 N–H and O–H groups in total. The van der Waals surface area contributed by atoms with Crippen molar-refractivity contribution >= 4 is 18.0 Å². The Morgan fingerprint density at radius 1 is 1.44 bits per heavy atom. The number of esters is 1. The molecule has 0 aliphatic carbocycles. The monoisotopic (exact) mass is 220 g/mol. The lowest BCUT2D eigenvalue weighted by molar-refractivity contribution is -0.135. The van der Waals surface area contributed by atoms with E-state index in [1.54, 1.807) is 30.3 Å². The van der Waals surface area contributed by atoms with E-state index in [1.165, 1.54) is 13.2 Å². The normalized spacial score (nSPS) is 10.3. The molecular formula is C12H12O4. The fourth-order valence-electron chi connectivity index (χ4n) is 1.18. The Labute approximate surface area is 93.2 Å². The first kappa shape index (κ1) is 12.0. The van der Waals surface area contributed by atoms with Gasteiger partial charge in [0.25, 0.3) is 0 Å². The SMILES string of the molecule is COC(=O)c1cccc(C=CCC(=O)O)c1. The Morgan fingerprint density at radius 2 is 2.19 bits per heavy atom. The molecule has 16 heavy (non-hydrogen) atoms. The van der Waals surface area contributed by atoms with Crippen LogP contribution < -0.4 is 0 Å². The summed E-state index contributed by atoms with van der Waals surface area (Å²) in [5.74, 6) is -1.30. The summed E-state index contributed by atoms with van der Waals surface area (Å²) in [4.78, 5) is 21.5. The van der Waals surface area contributed by atoms with Gasteiger partial charge in [-0.1, -0.05) is 24.3 Å². The lowest BCUT2D eigenvalue weighted by atomic mass is 10.1. The molecule has 4 nitrogen and oxygen atoms in total. The molecule has 0 unspecified atom stereocenters. The first-order chi connectivity index (χ1) is 7.63. The summed E-state index contributed by atoms with van der Waals surface area (Å²) in [7, 11) is 1.31. The quantitative estimate of drug-likeness (QED) is 0.788. The van der Waals surface area contributed by atoms with Crippen LogP contribution in [0.1, 0.15) is 22.3 Å². The number of ether oxygens (including phenoxy) is 1. The first-order valence-corrected chi connectivity index (χ1v) is 4.70. The molecule has 1 rings (SSSR count). The Hall–Kier alpha value is -2.10. The molecule has 0 bridgehead atoms. The van der Waals surface area contributed by atoms with Gasteiger partial charge in [-0.3, -0.25) is 4.79 Å². The lowest BCUT2D eigenvalue weighted by Crippen LogP contribution is -2.00. The zero-order valence-electron chi connectivity index (χ0n) is 8.84. The van der Waals surface area contributed by atoms with E-state index in [0.29, 0.717) is 5.56 Å². The highest BCUT2D eigenvalue weighted by molar-refractivity contribution is 5.90. The summed E-state index contributed by atoms with van der Waals surface area (Å²) in [5.41, 5.74) is 1.21. The van der Waals surface area contributed by atoms with Gasteiger partial charge in [-0.05, 0) is 17.7 Å². The Bertz CT molecular complexity index is 421. The van der Waals surface area contributed by atoms with Gasteiger partial charge in [0.2, 0.25) is 0 Å². The zero-order valence-corrected chi connectivity index (χ0v) is 8.84. The number of carbonyl (C=O) groups is 2. The molecule has 0 saturated heterocycles. The standard InChI is InChI=1S/C12H12O4/c1-16-12(15)10-6-2-4-9(8-10)5-3-7-11(13)14/h2-6,8H,7H2,1H3,(H,13,14). The minimum Gasteiger partial charge on any atom is -0.481 e. The van der Waals surface area contributed by atoms with Crippen molar-refractivity contribution in [1.82, 2.24) is 0 Å². The van der Waals surface area contributed by atoms with Crippen molar-refractivity contribution in [3.8, 4) is 0 Å². The fraction of sp³-hybridized carbons (Fsp3) is 0.167. The van der Waals surface area contributed by atoms with Gasteiger partial charge in [0.05, 0.1) is 19.1 Å².